The van der Waals surface area contributed by atoms with Gasteiger partial charge in [-0.25, -0.2) is 4.39 Å². The van der Waals surface area contributed by atoms with Gasteiger partial charge in [0.05, 0.1) is 5.69 Å². The largest absolute Gasteiger partial charge is 0.419 e. The highest BCUT2D eigenvalue weighted by atomic mass is 19.1. The minimum Gasteiger partial charge on any atom is -0.419 e. The number of hydrogen-bond acceptors (Lipinski definition) is 4. The molecule has 0 radical (unpaired) electrons. The molecule has 2 aromatic carbocycles. The van der Waals surface area contributed by atoms with Crippen molar-refractivity contribution in [2.75, 3.05) is 5.32 Å². The minimum atomic E-state index is -0.480. The van der Waals surface area contributed by atoms with Gasteiger partial charge in [0, 0.05) is 16.8 Å². The van der Waals surface area contributed by atoms with Crippen LogP contribution in [0.2, 0.25) is 0 Å². The summed E-state index contributed by atoms with van der Waals surface area (Å²) >= 11 is 0. The molecule has 0 bridgehead atoms. The summed E-state index contributed by atoms with van der Waals surface area (Å²) in [5.74, 6) is 0.146. The number of rotatable bonds is 5. The average molecular weight is 378 g/mol. The fraction of sp³-hybridized carbons (Fsp3) is 0.190. The summed E-state index contributed by atoms with van der Waals surface area (Å²) in [5.41, 5.74) is 1.64. The van der Waals surface area contributed by atoms with E-state index in [9.17, 15) is 9.18 Å². The Hall–Kier alpha value is -3.48. The van der Waals surface area contributed by atoms with Gasteiger partial charge in [0.1, 0.15) is 18.1 Å². The molecule has 4 aromatic rings. The Morgan fingerprint density at radius 1 is 1.14 bits per heavy atom. The lowest BCUT2D eigenvalue weighted by molar-refractivity contribution is -0.116. The number of nitrogens with one attached hydrogen (secondary N) is 1. The van der Waals surface area contributed by atoms with Gasteiger partial charge in [-0.1, -0.05) is 44.2 Å². The lowest BCUT2D eigenvalue weighted by Crippen LogP contribution is -2.19. The summed E-state index contributed by atoms with van der Waals surface area (Å²) in [7, 11) is 0. The van der Waals surface area contributed by atoms with Crippen molar-refractivity contribution in [3.8, 4) is 11.6 Å². The molecule has 6 nitrogen and oxygen atoms in total. The van der Waals surface area contributed by atoms with Gasteiger partial charge in [-0.3, -0.25) is 4.79 Å². The molecule has 0 saturated carbocycles. The molecule has 2 aromatic heterocycles. The Labute approximate surface area is 161 Å². The zero-order valence-corrected chi connectivity index (χ0v) is 15.5. The summed E-state index contributed by atoms with van der Waals surface area (Å²) in [4.78, 5) is 12.6. The number of nitrogens with zero attached hydrogens (tertiary/aromatic N) is 3. The summed E-state index contributed by atoms with van der Waals surface area (Å²) in [6, 6.07) is 15.6. The highest BCUT2D eigenvalue weighted by molar-refractivity contribution is 5.93. The Bertz CT molecular complexity index is 1150. The summed E-state index contributed by atoms with van der Waals surface area (Å²) < 4.78 is 21.4. The van der Waals surface area contributed by atoms with E-state index < -0.39 is 5.82 Å². The van der Waals surface area contributed by atoms with Gasteiger partial charge in [-0.05, 0) is 24.3 Å². The second kappa shape index (κ2) is 7.26. The molecule has 1 N–H and O–H groups in total. The number of aromatic nitrogens is 3. The van der Waals surface area contributed by atoms with Crippen molar-refractivity contribution in [1.82, 2.24) is 14.8 Å². The Balaban J connectivity index is 1.70. The second-order valence-corrected chi connectivity index (χ2v) is 6.80. The van der Waals surface area contributed by atoms with Gasteiger partial charge in [-0.15, -0.1) is 10.2 Å². The molecule has 142 valence electrons. The summed E-state index contributed by atoms with van der Waals surface area (Å²) in [5, 5.41) is 11.8. The minimum absolute atomic E-state index is 0.0173. The standard InChI is InChI=1S/C21H19FN4O2/c1-13(2)20-24-25-21(28-20)18-11-14-7-3-6-10-17(14)26(18)12-19(27)23-16-9-5-4-8-15(16)22/h3-11,13H,12H2,1-2H3,(H,23,27). The number of amides is 1. The molecule has 0 saturated heterocycles. The van der Waals surface area contributed by atoms with Crippen molar-refractivity contribution < 1.29 is 13.6 Å². The molecule has 0 atom stereocenters. The number of hydrogen-bond donors (Lipinski definition) is 1. The molecule has 28 heavy (non-hydrogen) atoms. The Morgan fingerprint density at radius 2 is 1.89 bits per heavy atom. The first-order valence-electron chi connectivity index (χ1n) is 8.99. The van der Waals surface area contributed by atoms with Crippen molar-refractivity contribution in [2.24, 2.45) is 0 Å². The predicted molar refractivity (Wildman–Crippen MR) is 104 cm³/mol. The number of benzene rings is 2. The van der Waals surface area contributed by atoms with E-state index in [1.54, 1.807) is 16.7 Å². The molecular formula is C21H19FN4O2. The van der Waals surface area contributed by atoms with Gasteiger partial charge < -0.3 is 14.3 Å². The summed E-state index contributed by atoms with van der Waals surface area (Å²) in [6.07, 6.45) is 0. The Morgan fingerprint density at radius 3 is 2.64 bits per heavy atom. The molecule has 0 unspecified atom stereocenters. The predicted octanol–water partition coefficient (Wildman–Crippen LogP) is 4.59. The molecule has 0 fully saturated rings. The zero-order chi connectivity index (χ0) is 19.7. The van der Waals surface area contributed by atoms with Crippen molar-refractivity contribution in [3.05, 3.63) is 66.3 Å². The zero-order valence-electron chi connectivity index (χ0n) is 15.5. The first-order valence-corrected chi connectivity index (χ1v) is 8.99. The highest BCUT2D eigenvalue weighted by Crippen LogP contribution is 2.29. The van der Waals surface area contributed by atoms with E-state index in [1.165, 1.54) is 12.1 Å². The van der Waals surface area contributed by atoms with E-state index in [0.717, 1.165) is 10.9 Å². The molecular weight excluding hydrogens is 359 g/mol. The van der Waals surface area contributed by atoms with Gasteiger partial charge in [0.15, 0.2) is 0 Å². The molecule has 7 heteroatoms. The van der Waals surface area contributed by atoms with Crippen LogP contribution in [-0.2, 0) is 11.3 Å². The van der Waals surface area contributed by atoms with Crippen LogP contribution in [-0.4, -0.2) is 20.7 Å². The molecule has 2 heterocycles. The van der Waals surface area contributed by atoms with Crippen LogP contribution < -0.4 is 5.32 Å². The van der Waals surface area contributed by atoms with Gasteiger partial charge >= 0.3 is 0 Å². The van der Waals surface area contributed by atoms with E-state index in [2.05, 4.69) is 15.5 Å². The number of carbonyl (C=O) groups excluding carboxylic acids is 1. The number of anilines is 1. The maximum absolute atomic E-state index is 13.8. The SMILES string of the molecule is CC(C)c1nnc(-c2cc3ccccc3n2CC(=O)Nc2ccccc2F)o1. The molecule has 0 spiro atoms. The van der Waals surface area contributed by atoms with Crippen LogP contribution >= 0.6 is 0 Å². The number of halogens is 1. The lowest BCUT2D eigenvalue weighted by atomic mass is 10.2. The fourth-order valence-electron chi connectivity index (χ4n) is 3.03. The second-order valence-electron chi connectivity index (χ2n) is 6.80. The maximum atomic E-state index is 13.8. The van der Waals surface area contributed by atoms with Gasteiger partial charge in [0.25, 0.3) is 5.89 Å². The lowest BCUT2D eigenvalue weighted by Gasteiger charge is -2.10. The quantitative estimate of drug-likeness (QED) is 0.551. The van der Waals surface area contributed by atoms with Crippen LogP contribution in [0.3, 0.4) is 0 Å². The van der Waals surface area contributed by atoms with Crippen LogP contribution in [0.15, 0.2) is 59.0 Å². The molecule has 1 amide bonds. The monoisotopic (exact) mass is 378 g/mol. The maximum Gasteiger partial charge on any atom is 0.264 e. The molecule has 4 rings (SSSR count). The number of fused-ring (bicyclic) bond motifs is 1. The average Bonchev–Trinajstić information content (AvgIpc) is 3.29. The van der Waals surface area contributed by atoms with Gasteiger partial charge in [-0.2, -0.15) is 0 Å². The first-order chi connectivity index (χ1) is 13.5. The molecule has 0 aliphatic rings. The van der Waals surface area contributed by atoms with Crippen LogP contribution in [0.4, 0.5) is 10.1 Å². The smallest absolute Gasteiger partial charge is 0.264 e. The third kappa shape index (κ3) is 3.38. The van der Waals surface area contributed by atoms with E-state index in [0.29, 0.717) is 17.5 Å². The van der Waals surface area contributed by atoms with E-state index in [1.807, 2.05) is 44.2 Å². The third-order valence-electron chi connectivity index (χ3n) is 4.41. The molecule has 0 aliphatic carbocycles. The van der Waals surface area contributed by atoms with Crippen molar-refractivity contribution in [3.63, 3.8) is 0 Å². The normalized spacial score (nSPS) is 11.3. The number of carbonyl (C=O) groups is 1. The van der Waals surface area contributed by atoms with E-state index in [4.69, 9.17) is 4.42 Å². The highest BCUT2D eigenvalue weighted by Gasteiger charge is 2.19. The topological polar surface area (TPSA) is 73.0 Å². The van der Waals surface area contributed by atoms with E-state index >= 15 is 0 Å². The summed E-state index contributed by atoms with van der Waals surface area (Å²) in [6.45, 7) is 3.92. The van der Waals surface area contributed by atoms with Crippen molar-refractivity contribution in [1.29, 1.82) is 0 Å². The van der Waals surface area contributed by atoms with Crippen molar-refractivity contribution in [2.45, 2.75) is 26.3 Å². The van der Waals surface area contributed by atoms with Crippen molar-refractivity contribution >= 4 is 22.5 Å². The Kier molecular flexibility index (Phi) is 4.65. The number of para-hydroxylation sites is 2. The van der Waals surface area contributed by atoms with Crippen LogP contribution in [0.25, 0.3) is 22.5 Å². The third-order valence-corrected chi connectivity index (χ3v) is 4.41. The van der Waals surface area contributed by atoms with Crippen LogP contribution in [0.5, 0.6) is 0 Å². The first kappa shape index (κ1) is 17.9. The van der Waals surface area contributed by atoms with Crippen LogP contribution in [0, 0.1) is 5.82 Å². The molecule has 0 aliphatic heterocycles. The fourth-order valence-corrected chi connectivity index (χ4v) is 3.03. The van der Waals surface area contributed by atoms with Gasteiger partial charge in [0.2, 0.25) is 11.8 Å². The van der Waals surface area contributed by atoms with Crippen LogP contribution in [0.1, 0.15) is 25.7 Å². The van der Waals surface area contributed by atoms with E-state index in [-0.39, 0.29) is 24.1 Å².